The Morgan fingerprint density at radius 2 is 1.43 bits per heavy atom. The second-order valence-electron chi connectivity index (χ2n) is 4.71. The second kappa shape index (κ2) is 7.40. The van der Waals surface area contributed by atoms with Crippen molar-refractivity contribution in [2.45, 2.75) is 51.4 Å². The molecule has 0 aromatic carbocycles. The third-order valence-electron chi connectivity index (χ3n) is 1.98. The van der Waals surface area contributed by atoms with E-state index in [9.17, 15) is 0 Å². The van der Waals surface area contributed by atoms with Gasteiger partial charge >= 0.3 is 0 Å². The van der Waals surface area contributed by atoms with E-state index < -0.39 is 8.32 Å². The fraction of sp³-hybridized carbons (Fsp3) is 1.00. The monoisotopic (exact) mass is 218 g/mol. The van der Waals surface area contributed by atoms with Gasteiger partial charge in [-0.3, -0.25) is 0 Å². The second-order valence-corrected chi connectivity index (χ2v) is 9.17. The Hall–Kier alpha value is 0.0969. The normalized spacial score (nSPS) is 12.4. The van der Waals surface area contributed by atoms with Crippen LogP contribution in [0.25, 0.3) is 0 Å². The van der Waals surface area contributed by atoms with Crippen molar-refractivity contribution < 1.29 is 4.43 Å². The van der Waals surface area contributed by atoms with Crippen LogP contribution in [0.5, 0.6) is 0 Å². The van der Waals surface area contributed by atoms with E-state index >= 15 is 0 Å². The zero-order chi connectivity index (χ0) is 11.0. The molecule has 0 atom stereocenters. The Morgan fingerprint density at radius 3 is 1.71 bits per heavy atom. The Morgan fingerprint density at radius 1 is 1.00 bits per heavy atom. The van der Waals surface area contributed by atoms with E-state index in [1.807, 2.05) is 0 Å². The van der Waals surface area contributed by atoms with E-state index in [1.165, 1.54) is 0 Å². The molecule has 4 heteroatoms. The van der Waals surface area contributed by atoms with Gasteiger partial charge in [-0.15, -0.1) is 0 Å². The lowest BCUT2D eigenvalue weighted by atomic mass is 10.1. The first kappa shape index (κ1) is 14.1. The van der Waals surface area contributed by atoms with Crippen molar-refractivity contribution in [3.63, 3.8) is 0 Å². The maximum atomic E-state index is 6.07. The van der Waals surface area contributed by atoms with Crippen molar-refractivity contribution in [1.29, 1.82) is 0 Å². The molecule has 0 amide bonds. The SMILES string of the molecule is C[Si](C)(C)OC(CCCN)CCCN. The molecule has 0 fully saturated rings. The average Bonchev–Trinajstić information content (AvgIpc) is 2.07. The van der Waals surface area contributed by atoms with Gasteiger partial charge in [0.05, 0.1) is 0 Å². The van der Waals surface area contributed by atoms with Gasteiger partial charge in [-0.2, -0.15) is 0 Å². The fourth-order valence-electron chi connectivity index (χ4n) is 1.45. The lowest BCUT2D eigenvalue weighted by Crippen LogP contribution is -2.32. The fourth-order valence-corrected chi connectivity index (χ4v) is 2.69. The molecule has 0 heterocycles. The van der Waals surface area contributed by atoms with Crippen LogP contribution in [0, 0.1) is 0 Å². The van der Waals surface area contributed by atoms with Gasteiger partial charge < -0.3 is 15.9 Å². The smallest absolute Gasteiger partial charge is 0.184 e. The van der Waals surface area contributed by atoms with Crippen LogP contribution in [0.15, 0.2) is 0 Å². The van der Waals surface area contributed by atoms with E-state index in [4.69, 9.17) is 15.9 Å². The molecule has 0 aromatic rings. The predicted molar refractivity (Wildman–Crippen MR) is 64.8 cm³/mol. The summed E-state index contributed by atoms with van der Waals surface area (Å²) in [5, 5.41) is 0. The van der Waals surface area contributed by atoms with Gasteiger partial charge in [0.25, 0.3) is 0 Å². The lowest BCUT2D eigenvalue weighted by Gasteiger charge is -2.26. The maximum Gasteiger partial charge on any atom is 0.184 e. The molecule has 0 spiro atoms. The molecule has 0 aliphatic carbocycles. The summed E-state index contributed by atoms with van der Waals surface area (Å²) in [6.07, 6.45) is 4.66. The third kappa shape index (κ3) is 8.68. The van der Waals surface area contributed by atoms with Crippen molar-refractivity contribution in [1.82, 2.24) is 0 Å². The van der Waals surface area contributed by atoms with Crippen molar-refractivity contribution in [3.05, 3.63) is 0 Å². The Bertz CT molecular complexity index is 129. The Kier molecular flexibility index (Phi) is 7.45. The van der Waals surface area contributed by atoms with Crippen molar-refractivity contribution in [3.8, 4) is 0 Å². The quantitative estimate of drug-likeness (QED) is 0.609. The van der Waals surface area contributed by atoms with E-state index in [1.54, 1.807) is 0 Å². The number of hydrogen-bond acceptors (Lipinski definition) is 3. The van der Waals surface area contributed by atoms with Gasteiger partial charge in [0.15, 0.2) is 8.32 Å². The summed E-state index contributed by atoms with van der Waals surface area (Å²) in [6, 6.07) is 0. The van der Waals surface area contributed by atoms with Gasteiger partial charge in [-0.25, -0.2) is 0 Å². The van der Waals surface area contributed by atoms with E-state index in [0.29, 0.717) is 6.10 Å². The standard InChI is InChI=1S/C10H26N2OSi/c1-14(2,3)13-10(6-4-8-11)7-5-9-12/h10H,4-9,11-12H2,1-3H3. The minimum Gasteiger partial charge on any atom is -0.415 e. The van der Waals surface area contributed by atoms with E-state index in [-0.39, 0.29) is 0 Å². The third-order valence-corrected chi connectivity index (χ3v) is 3.02. The van der Waals surface area contributed by atoms with Crippen molar-refractivity contribution in [2.24, 2.45) is 11.5 Å². The van der Waals surface area contributed by atoms with Crippen LogP contribution < -0.4 is 11.5 Å². The molecule has 0 unspecified atom stereocenters. The highest BCUT2D eigenvalue weighted by molar-refractivity contribution is 6.69. The summed E-state index contributed by atoms with van der Waals surface area (Å²) in [5.41, 5.74) is 11.0. The first-order valence-electron chi connectivity index (χ1n) is 5.57. The molecule has 4 N–H and O–H groups in total. The van der Waals surface area contributed by atoms with Crippen LogP contribution in [-0.4, -0.2) is 27.5 Å². The number of nitrogens with two attached hydrogens (primary N) is 2. The van der Waals surface area contributed by atoms with Crippen LogP contribution in [0.2, 0.25) is 19.6 Å². The molecular formula is C10H26N2OSi. The topological polar surface area (TPSA) is 61.3 Å². The molecule has 0 radical (unpaired) electrons. The minimum absolute atomic E-state index is 0.383. The van der Waals surface area contributed by atoms with Gasteiger partial charge in [0, 0.05) is 6.10 Å². The van der Waals surface area contributed by atoms with E-state index in [2.05, 4.69) is 19.6 Å². The first-order valence-corrected chi connectivity index (χ1v) is 8.98. The van der Waals surface area contributed by atoms with E-state index in [0.717, 1.165) is 38.8 Å². The van der Waals surface area contributed by atoms with Crippen LogP contribution >= 0.6 is 0 Å². The number of hydrogen-bond donors (Lipinski definition) is 2. The molecule has 0 rings (SSSR count). The first-order chi connectivity index (χ1) is 6.49. The number of rotatable bonds is 8. The molecule has 3 nitrogen and oxygen atoms in total. The molecule has 0 saturated heterocycles. The Balaban J connectivity index is 3.84. The molecule has 86 valence electrons. The summed E-state index contributed by atoms with van der Waals surface area (Å²) < 4.78 is 6.07. The minimum atomic E-state index is -1.40. The van der Waals surface area contributed by atoms with Gasteiger partial charge in [0.2, 0.25) is 0 Å². The van der Waals surface area contributed by atoms with Crippen LogP contribution in [0.3, 0.4) is 0 Å². The highest BCUT2D eigenvalue weighted by Gasteiger charge is 2.20. The van der Waals surface area contributed by atoms with Gasteiger partial charge in [-0.05, 0) is 58.4 Å². The predicted octanol–water partition coefficient (Wildman–Crippen LogP) is 1.68. The largest absolute Gasteiger partial charge is 0.415 e. The summed E-state index contributed by atoms with van der Waals surface area (Å²) in [6.45, 7) is 8.20. The molecule has 14 heavy (non-hydrogen) atoms. The maximum absolute atomic E-state index is 6.07. The lowest BCUT2D eigenvalue weighted by molar-refractivity contribution is 0.169. The molecule has 0 saturated carbocycles. The van der Waals surface area contributed by atoms with Crippen molar-refractivity contribution in [2.75, 3.05) is 13.1 Å². The van der Waals surface area contributed by atoms with Gasteiger partial charge in [0.1, 0.15) is 0 Å². The molecule has 0 aliphatic heterocycles. The molecule has 0 aromatic heterocycles. The highest BCUT2D eigenvalue weighted by atomic mass is 28.4. The zero-order valence-corrected chi connectivity index (χ0v) is 10.9. The molecule has 0 bridgehead atoms. The average molecular weight is 218 g/mol. The highest BCUT2D eigenvalue weighted by Crippen LogP contribution is 2.15. The van der Waals surface area contributed by atoms with Gasteiger partial charge in [-0.1, -0.05) is 0 Å². The Labute approximate surface area is 89.3 Å². The summed E-state index contributed by atoms with van der Waals surface area (Å²) >= 11 is 0. The van der Waals surface area contributed by atoms with Crippen LogP contribution in [0.4, 0.5) is 0 Å². The zero-order valence-electron chi connectivity index (χ0n) is 9.88. The summed E-state index contributed by atoms with van der Waals surface area (Å²) in [5.74, 6) is 0. The summed E-state index contributed by atoms with van der Waals surface area (Å²) in [7, 11) is -1.40. The molecular weight excluding hydrogens is 192 g/mol. The van der Waals surface area contributed by atoms with Crippen LogP contribution in [-0.2, 0) is 4.43 Å². The van der Waals surface area contributed by atoms with Crippen LogP contribution in [0.1, 0.15) is 25.7 Å². The molecule has 0 aliphatic rings. The summed E-state index contributed by atoms with van der Waals surface area (Å²) in [4.78, 5) is 0. The van der Waals surface area contributed by atoms with Crippen molar-refractivity contribution >= 4 is 8.32 Å².